The first-order chi connectivity index (χ1) is 19.1. The van der Waals surface area contributed by atoms with E-state index in [1.165, 1.54) is 9.36 Å². The van der Waals surface area contributed by atoms with Gasteiger partial charge in [-0.1, -0.05) is 19.6 Å². The standard InChI is InChI=1S/C27H33F2N7O3Si/c1-6-38-17-13-36-27(39-15-17)22(23(33-36)25(28)29)24-21(19-14-34(2)32-20(19)12-30)18-8-7-9-31-26(18)35(24)16-37-10-11-40(3,4)5/h7-9,14,17,25H,6,10-11,13,15-16H2,1-5H3. The molecule has 0 aromatic carbocycles. The summed E-state index contributed by atoms with van der Waals surface area (Å²) in [6.07, 6.45) is 0.167. The van der Waals surface area contributed by atoms with Gasteiger partial charge in [-0.3, -0.25) is 4.68 Å². The average molecular weight is 570 g/mol. The molecule has 5 heterocycles. The van der Waals surface area contributed by atoms with Crippen molar-refractivity contribution in [2.75, 3.05) is 19.8 Å². The molecular formula is C27H33F2N7O3Si. The molecule has 0 saturated heterocycles. The van der Waals surface area contributed by atoms with E-state index in [4.69, 9.17) is 14.2 Å². The highest BCUT2D eigenvalue weighted by atomic mass is 28.3. The van der Waals surface area contributed by atoms with Crippen LogP contribution in [-0.4, -0.2) is 63.1 Å². The van der Waals surface area contributed by atoms with Gasteiger partial charge in [0, 0.05) is 57.2 Å². The zero-order chi connectivity index (χ0) is 28.6. The number of ether oxygens (including phenoxy) is 3. The van der Waals surface area contributed by atoms with Crippen LogP contribution >= 0.6 is 0 Å². The number of hydrogen-bond acceptors (Lipinski definition) is 7. The predicted octanol–water partition coefficient (Wildman–Crippen LogP) is 5.22. The summed E-state index contributed by atoms with van der Waals surface area (Å²) in [5, 5.41) is 19.2. The molecule has 1 aliphatic heterocycles. The summed E-state index contributed by atoms with van der Waals surface area (Å²) >= 11 is 0. The number of aromatic nitrogens is 6. The normalized spacial score (nSPS) is 15.4. The molecule has 4 aromatic heterocycles. The lowest BCUT2D eigenvalue weighted by Crippen LogP contribution is -2.32. The summed E-state index contributed by atoms with van der Waals surface area (Å²) < 4.78 is 52.0. The maximum Gasteiger partial charge on any atom is 0.282 e. The van der Waals surface area contributed by atoms with Gasteiger partial charge < -0.3 is 18.8 Å². The zero-order valence-corrected chi connectivity index (χ0v) is 24.3. The lowest BCUT2D eigenvalue weighted by atomic mass is 9.99. The molecule has 0 bridgehead atoms. The SMILES string of the molecule is CCOC1COc2c(-c3c(-c4cn(C)nc4C#N)c4cccnc4n3COCC[Si](C)(C)C)c(C(F)F)nn2C1. The Labute approximate surface area is 232 Å². The number of hydrogen-bond donors (Lipinski definition) is 0. The summed E-state index contributed by atoms with van der Waals surface area (Å²) in [6, 6.07) is 6.72. The number of alkyl halides is 2. The van der Waals surface area contributed by atoms with Gasteiger partial charge in [0.05, 0.1) is 17.8 Å². The third-order valence-corrected chi connectivity index (χ3v) is 8.50. The Balaban J connectivity index is 1.77. The molecular weight excluding hydrogens is 536 g/mol. The number of halogens is 2. The van der Waals surface area contributed by atoms with Crippen LogP contribution < -0.4 is 4.74 Å². The lowest BCUT2D eigenvalue weighted by Gasteiger charge is -2.25. The number of rotatable bonds is 10. The van der Waals surface area contributed by atoms with Crippen molar-refractivity contribution in [3.05, 3.63) is 35.9 Å². The second-order valence-corrected chi connectivity index (χ2v) is 16.6. The smallest absolute Gasteiger partial charge is 0.282 e. The number of aryl methyl sites for hydroxylation is 1. The van der Waals surface area contributed by atoms with Gasteiger partial charge in [0.1, 0.15) is 36.9 Å². The van der Waals surface area contributed by atoms with E-state index in [-0.39, 0.29) is 43.1 Å². The highest BCUT2D eigenvalue weighted by Gasteiger charge is 2.36. The van der Waals surface area contributed by atoms with Crippen molar-refractivity contribution in [2.24, 2.45) is 7.05 Å². The average Bonchev–Trinajstić information content (AvgIpc) is 3.56. The van der Waals surface area contributed by atoms with Crippen LogP contribution in [0.5, 0.6) is 5.88 Å². The molecule has 40 heavy (non-hydrogen) atoms. The number of fused-ring (bicyclic) bond motifs is 2. The van der Waals surface area contributed by atoms with Gasteiger partial charge in [-0.15, -0.1) is 0 Å². The summed E-state index contributed by atoms with van der Waals surface area (Å²) in [7, 11) is 0.342. The highest BCUT2D eigenvalue weighted by Crippen LogP contribution is 2.48. The maximum atomic E-state index is 14.7. The van der Waals surface area contributed by atoms with E-state index in [9.17, 15) is 14.0 Å². The first-order valence-corrected chi connectivity index (χ1v) is 17.0. The lowest BCUT2D eigenvalue weighted by molar-refractivity contribution is -0.00644. The Morgan fingerprint density at radius 2 is 2.05 bits per heavy atom. The van der Waals surface area contributed by atoms with Crippen molar-refractivity contribution in [1.82, 2.24) is 29.1 Å². The summed E-state index contributed by atoms with van der Waals surface area (Å²) in [5.41, 5.74) is 1.90. The molecule has 0 saturated carbocycles. The summed E-state index contributed by atoms with van der Waals surface area (Å²) in [4.78, 5) is 4.62. The molecule has 4 aromatic rings. The number of nitriles is 1. The van der Waals surface area contributed by atoms with Crippen LogP contribution in [-0.2, 0) is 29.8 Å². The Hall–Kier alpha value is -3.60. The van der Waals surface area contributed by atoms with Crippen LogP contribution in [0.4, 0.5) is 8.78 Å². The van der Waals surface area contributed by atoms with Crippen LogP contribution in [0, 0.1) is 11.3 Å². The largest absolute Gasteiger partial charge is 0.474 e. The zero-order valence-electron chi connectivity index (χ0n) is 23.3. The number of nitrogens with zero attached hydrogens (tertiary/aromatic N) is 7. The van der Waals surface area contributed by atoms with E-state index >= 15 is 0 Å². The van der Waals surface area contributed by atoms with Crippen molar-refractivity contribution in [3.63, 3.8) is 0 Å². The van der Waals surface area contributed by atoms with Gasteiger partial charge in [-0.25, -0.2) is 18.4 Å². The minimum atomic E-state index is -2.88. The second kappa shape index (κ2) is 11.1. The molecule has 0 aliphatic carbocycles. The van der Waals surface area contributed by atoms with Crippen LogP contribution in [0.3, 0.4) is 0 Å². The van der Waals surface area contributed by atoms with E-state index < -0.39 is 20.2 Å². The van der Waals surface area contributed by atoms with Crippen LogP contribution in [0.25, 0.3) is 33.4 Å². The van der Waals surface area contributed by atoms with E-state index in [1.807, 2.05) is 13.0 Å². The maximum absolute atomic E-state index is 14.7. The monoisotopic (exact) mass is 569 g/mol. The Kier molecular flexibility index (Phi) is 7.76. The van der Waals surface area contributed by atoms with Crippen molar-refractivity contribution >= 4 is 19.1 Å². The summed E-state index contributed by atoms with van der Waals surface area (Å²) in [6.45, 7) is 10.2. The molecule has 0 amide bonds. The van der Waals surface area contributed by atoms with Crippen molar-refractivity contribution < 1.29 is 23.0 Å². The molecule has 13 heteroatoms. The minimum absolute atomic E-state index is 0.0738. The van der Waals surface area contributed by atoms with Gasteiger partial charge >= 0.3 is 0 Å². The van der Waals surface area contributed by atoms with Gasteiger partial charge in [0.15, 0.2) is 5.69 Å². The van der Waals surface area contributed by atoms with E-state index in [0.29, 0.717) is 41.1 Å². The Bertz CT molecular complexity index is 1560. The van der Waals surface area contributed by atoms with Crippen molar-refractivity contribution in [3.8, 4) is 34.3 Å². The second-order valence-electron chi connectivity index (χ2n) is 11.0. The fraction of sp³-hybridized carbons (Fsp3) is 0.481. The Morgan fingerprint density at radius 1 is 1.25 bits per heavy atom. The topological polar surface area (TPSA) is 105 Å². The van der Waals surface area contributed by atoms with Crippen LogP contribution in [0.1, 0.15) is 24.7 Å². The van der Waals surface area contributed by atoms with Crippen LogP contribution in [0.2, 0.25) is 25.7 Å². The molecule has 212 valence electrons. The summed E-state index contributed by atoms with van der Waals surface area (Å²) in [5.74, 6) is 0.223. The molecule has 0 N–H and O–H groups in total. The van der Waals surface area contributed by atoms with E-state index in [0.717, 1.165) is 6.04 Å². The van der Waals surface area contributed by atoms with Gasteiger partial charge in [0.2, 0.25) is 5.88 Å². The third kappa shape index (κ3) is 5.26. The first kappa shape index (κ1) is 27.9. The fourth-order valence-electron chi connectivity index (χ4n) is 4.99. The number of pyridine rings is 1. The molecule has 5 rings (SSSR count). The molecule has 0 fully saturated rings. The van der Waals surface area contributed by atoms with Gasteiger partial charge in [-0.05, 0) is 25.1 Å². The molecule has 1 atom stereocenters. The third-order valence-electron chi connectivity index (χ3n) is 6.80. The molecule has 0 spiro atoms. The predicted molar refractivity (Wildman–Crippen MR) is 148 cm³/mol. The van der Waals surface area contributed by atoms with Gasteiger partial charge in [0.25, 0.3) is 6.43 Å². The molecule has 10 nitrogen and oxygen atoms in total. The van der Waals surface area contributed by atoms with E-state index in [2.05, 4.69) is 40.9 Å². The van der Waals surface area contributed by atoms with Crippen molar-refractivity contribution in [2.45, 2.75) is 58.4 Å². The minimum Gasteiger partial charge on any atom is -0.474 e. The fourth-order valence-corrected chi connectivity index (χ4v) is 5.74. The quantitative estimate of drug-likeness (QED) is 0.190. The first-order valence-electron chi connectivity index (χ1n) is 13.3. The van der Waals surface area contributed by atoms with Crippen molar-refractivity contribution in [1.29, 1.82) is 5.26 Å². The Morgan fingerprint density at radius 3 is 2.75 bits per heavy atom. The molecule has 0 radical (unpaired) electrons. The van der Waals surface area contributed by atoms with E-state index in [1.54, 1.807) is 30.1 Å². The molecule has 1 unspecified atom stereocenters. The highest BCUT2D eigenvalue weighted by molar-refractivity contribution is 6.76. The van der Waals surface area contributed by atoms with Gasteiger partial charge in [-0.2, -0.15) is 15.5 Å². The molecule has 1 aliphatic rings. The van der Waals surface area contributed by atoms with Crippen LogP contribution in [0.15, 0.2) is 24.5 Å².